The summed E-state index contributed by atoms with van der Waals surface area (Å²) < 4.78 is 10.6. The fourth-order valence-corrected chi connectivity index (χ4v) is 2.09. The summed E-state index contributed by atoms with van der Waals surface area (Å²) in [5.74, 6) is -0.249. The summed E-state index contributed by atoms with van der Waals surface area (Å²) in [6.07, 6.45) is -0.541. The summed E-state index contributed by atoms with van der Waals surface area (Å²) in [7, 11) is 0. The lowest BCUT2D eigenvalue weighted by atomic mass is 10.1. The van der Waals surface area contributed by atoms with E-state index in [4.69, 9.17) is 9.47 Å². The lowest BCUT2D eigenvalue weighted by Crippen LogP contribution is -2.28. The van der Waals surface area contributed by atoms with Gasteiger partial charge in [0, 0.05) is 6.54 Å². The van der Waals surface area contributed by atoms with Gasteiger partial charge in [0.05, 0.1) is 0 Å². The molecule has 0 saturated carbocycles. The van der Waals surface area contributed by atoms with Crippen molar-refractivity contribution in [3.8, 4) is 0 Å². The fraction of sp³-hybridized carbons (Fsp3) is 0.533. The highest BCUT2D eigenvalue weighted by Gasteiger charge is 2.47. The number of likely N-dealkylation sites (N-methyl/N-ethyl adjacent to an activating group) is 1. The standard InChI is InChI=1S/C15H21NO3/c1-3-16(4-2)10-11-18-15(17)14-13(19-14)12-8-6-5-7-9-12/h5-9,13-14H,3-4,10-11H2,1-2H3/t13-,14-/m1/s1. The van der Waals surface area contributed by atoms with Crippen LogP contribution in [-0.2, 0) is 14.3 Å². The van der Waals surface area contributed by atoms with Crippen molar-refractivity contribution >= 4 is 5.97 Å². The second kappa shape index (κ2) is 6.68. The molecule has 2 rings (SSSR count). The lowest BCUT2D eigenvalue weighted by Gasteiger charge is -2.17. The van der Waals surface area contributed by atoms with E-state index in [1.165, 1.54) is 0 Å². The summed E-state index contributed by atoms with van der Waals surface area (Å²) in [6.45, 7) is 7.35. The molecule has 1 heterocycles. The van der Waals surface area contributed by atoms with Crippen LogP contribution in [-0.4, -0.2) is 43.2 Å². The lowest BCUT2D eigenvalue weighted by molar-refractivity contribution is -0.145. The Morgan fingerprint density at radius 2 is 1.95 bits per heavy atom. The Morgan fingerprint density at radius 3 is 2.58 bits per heavy atom. The summed E-state index contributed by atoms with van der Waals surface area (Å²) in [5.41, 5.74) is 1.04. The van der Waals surface area contributed by atoms with Gasteiger partial charge >= 0.3 is 5.97 Å². The second-order valence-electron chi connectivity index (χ2n) is 4.58. The number of esters is 1. The molecule has 0 aliphatic carbocycles. The highest BCUT2D eigenvalue weighted by Crippen LogP contribution is 2.39. The molecular weight excluding hydrogens is 242 g/mol. The van der Waals surface area contributed by atoms with Crippen LogP contribution in [0.3, 0.4) is 0 Å². The van der Waals surface area contributed by atoms with Gasteiger partial charge in [0.1, 0.15) is 12.7 Å². The van der Waals surface area contributed by atoms with Crippen molar-refractivity contribution in [1.29, 1.82) is 0 Å². The maximum Gasteiger partial charge on any atom is 0.338 e. The van der Waals surface area contributed by atoms with E-state index in [2.05, 4.69) is 18.7 Å². The molecule has 0 spiro atoms. The highest BCUT2D eigenvalue weighted by atomic mass is 16.6. The number of rotatable bonds is 7. The number of ether oxygens (including phenoxy) is 2. The minimum Gasteiger partial charge on any atom is -0.462 e. The molecule has 0 radical (unpaired) electrons. The third-order valence-corrected chi connectivity index (χ3v) is 3.40. The molecule has 0 amide bonds. The first kappa shape index (κ1) is 14.0. The molecule has 1 aromatic rings. The van der Waals surface area contributed by atoms with Crippen molar-refractivity contribution in [3.63, 3.8) is 0 Å². The summed E-state index contributed by atoms with van der Waals surface area (Å²) in [4.78, 5) is 14.0. The zero-order valence-electron chi connectivity index (χ0n) is 11.5. The van der Waals surface area contributed by atoms with E-state index in [1.807, 2.05) is 30.3 Å². The van der Waals surface area contributed by atoms with E-state index in [0.717, 1.165) is 25.2 Å². The molecule has 0 N–H and O–H groups in total. The summed E-state index contributed by atoms with van der Waals surface area (Å²) >= 11 is 0. The van der Waals surface area contributed by atoms with Crippen molar-refractivity contribution in [2.75, 3.05) is 26.2 Å². The predicted molar refractivity (Wildman–Crippen MR) is 72.8 cm³/mol. The first-order valence-electron chi connectivity index (χ1n) is 6.85. The quantitative estimate of drug-likeness (QED) is 0.557. The van der Waals surface area contributed by atoms with Crippen molar-refractivity contribution < 1.29 is 14.3 Å². The monoisotopic (exact) mass is 263 g/mol. The van der Waals surface area contributed by atoms with E-state index in [0.29, 0.717) is 6.61 Å². The molecule has 4 nitrogen and oxygen atoms in total. The van der Waals surface area contributed by atoms with Crippen molar-refractivity contribution in [2.24, 2.45) is 0 Å². The predicted octanol–water partition coefficient (Wildman–Crippen LogP) is 2.01. The Morgan fingerprint density at radius 1 is 1.26 bits per heavy atom. The minimum atomic E-state index is -0.417. The molecule has 1 aromatic carbocycles. The normalized spacial score (nSPS) is 21.4. The van der Waals surface area contributed by atoms with E-state index < -0.39 is 6.10 Å². The largest absolute Gasteiger partial charge is 0.462 e. The number of nitrogens with zero attached hydrogens (tertiary/aromatic N) is 1. The molecule has 1 aliphatic heterocycles. The van der Waals surface area contributed by atoms with Gasteiger partial charge in [-0.1, -0.05) is 44.2 Å². The summed E-state index contributed by atoms with van der Waals surface area (Å²) in [5, 5.41) is 0. The van der Waals surface area contributed by atoms with Gasteiger partial charge in [-0.05, 0) is 18.7 Å². The molecule has 0 unspecified atom stereocenters. The Bertz CT molecular complexity index is 403. The third kappa shape index (κ3) is 3.78. The van der Waals surface area contributed by atoms with Crippen LogP contribution in [0, 0.1) is 0 Å². The molecule has 4 heteroatoms. The first-order valence-corrected chi connectivity index (χ1v) is 6.85. The zero-order chi connectivity index (χ0) is 13.7. The van der Waals surface area contributed by atoms with Crippen LogP contribution in [0.4, 0.5) is 0 Å². The van der Waals surface area contributed by atoms with E-state index >= 15 is 0 Å². The number of benzene rings is 1. The van der Waals surface area contributed by atoms with E-state index in [1.54, 1.807) is 0 Å². The van der Waals surface area contributed by atoms with Gasteiger partial charge in [-0.3, -0.25) is 0 Å². The average molecular weight is 263 g/mol. The topological polar surface area (TPSA) is 42.1 Å². The molecule has 1 aliphatic rings. The van der Waals surface area contributed by atoms with Gasteiger partial charge in [-0.15, -0.1) is 0 Å². The smallest absolute Gasteiger partial charge is 0.338 e. The van der Waals surface area contributed by atoms with Gasteiger partial charge in [0.15, 0.2) is 6.10 Å². The number of hydrogen-bond acceptors (Lipinski definition) is 4. The first-order chi connectivity index (χ1) is 9.26. The number of hydrogen-bond donors (Lipinski definition) is 0. The van der Waals surface area contributed by atoms with Crippen LogP contribution >= 0.6 is 0 Å². The Kier molecular flexibility index (Phi) is 4.93. The molecule has 0 aromatic heterocycles. The van der Waals surface area contributed by atoms with Gasteiger partial charge in [0.2, 0.25) is 0 Å². The third-order valence-electron chi connectivity index (χ3n) is 3.40. The van der Waals surface area contributed by atoms with Crippen LogP contribution in [0.15, 0.2) is 30.3 Å². The molecule has 19 heavy (non-hydrogen) atoms. The Hall–Kier alpha value is -1.39. The zero-order valence-corrected chi connectivity index (χ0v) is 11.5. The van der Waals surface area contributed by atoms with Crippen LogP contribution in [0.25, 0.3) is 0 Å². The second-order valence-corrected chi connectivity index (χ2v) is 4.58. The maximum atomic E-state index is 11.8. The molecule has 104 valence electrons. The van der Waals surface area contributed by atoms with Gasteiger partial charge in [-0.25, -0.2) is 4.79 Å². The SMILES string of the molecule is CCN(CC)CCOC(=O)[C@@H]1O[C@@H]1c1ccccc1. The Labute approximate surface area is 114 Å². The van der Waals surface area contributed by atoms with Crippen LogP contribution in [0.5, 0.6) is 0 Å². The van der Waals surface area contributed by atoms with Crippen LogP contribution in [0.1, 0.15) is 25.5 Å². The van der Waals surface area contributed by atoms with Crippen molar-refractivity contribution in [1.82, 2.24) is 4.90 Å². The van der Waals surface area contributed by atoms with E-state index in [-0.39, 0.29) is 12.1 Å². The Balaban J connectivity index is 1.71. The molecule has 0 bridgehead atoms. The number of carbonyl (C=O) groups excluding carboxylic acids is 1. The minimum absolute atomic E-state index is 0.123. The number of carbonyl (C=O) groups is 1. The molecular formula is C15H21NO3. The van der Waals surface area contributed by atoms with Crippen molar-refractivity contribution in [3.05, 3.63) is 35.9 Å². The van der Waals surface area contributed by atoms with Crippen molar-refractivity contribution in [2.45, 2.75) is 26.1 Å². The van der Waals surface area contributed by atoms with E-state index in [9.17, 15) is 4.79 Å². The van der Waals surface area contributed by atoms with Crippen LogP contribution < -0.4 is 0 Å². The molecule has 2 atom stereocenters. The molecule has 1 saturated heterocycles. The highest BCUT2D eigenvalue weighted by molar-refractivity contribution is 5.78. The van der Waals surface area contributed by atoms with Crippen LogP contribution in [0.2, 0.25) is 0 Å². The van der Waals surface area contributed by atoms with Gasteiger partial charge in [0.25, 0.3) is 0 Å². The summed E-state index contributed by atoms with van der Waals surface area (Å²) in [6, 6.07) is 9.77. The van der Waals surface area contributed by atoms with Gasteiger partial charge < -0.3 is 14.4 Å². The average Bonchev–Trinajstić information content (AvgIpc) is 3.25. The fourth-order valence-electron chi connectivity index (χ4n) is 2.09. The maximum absolute atomic E-state index is 11.8. The number of epoxide rings is 1. The van der Waals surface area contributed by atoms with Gasteiger partial charge in [-0.2, -0.15) is 0 Å². The molecule has 1 fully saturated rings.